The van der Waals surface area contributed by atoms with Crippen LogP contribution < -0.4 is 16.6 Å². The van der Waals surface area contributed by atoms with E-state index in [0.29, 0.717) is 5.69 Å². The molecule has 4 N–H and O–H groups in total. The minimum atomic E-state index is -0.443. The summed E-state index contributed by atoms with van der Waals surface area (Å²) in [5, 5.41) is 2.56. The number of amides is 2. The van der Waals surface area contributed by atoms with Crippen molar-refractivity contribution >= 4 is 50.2 Å². The van der Waals surface area contributed by atoms with Gasteiger partial charge >= 0.3 is 6.03 Å². The van der Waals surface area contributed by atoms with E-state index in [1.165, 1.54) is 0 Å². The van der Waals surface area contributed by atoms with Crippen LogP contribution in [0.4, 0.5) is 10.5 Å². The van der Waals surface area contributed by atoms with Crippen LogP contribution >= 0.6 is 38.5 Å². The average Bonchev–Trinajstić information content (AvgIpc) is 2.09. The maximum Gasteiger partial charge on any atom is 0.333 e. The fourth-order valence-electron chi connectivity index (χ4n) is 0.749. The van der Waals surface area contributed by atoms with Crippen molar-refractivity contribution in [1.29, 1.82) is 0 Å². The summed E-state index contributed by atoms with van der Waals surface area (Å²) in [6.45, 7) is 0. The van der Waals surface area contributed by atoms with Gasteiger partial charge in [-0.1, -0.05) is 0 Å². The second-order valence-corrected chi connectivity index (χ2v) is 4.32. The standard InChI is InChI=1S/C7H7BrIN3O/c8-5-3-4(9)1-2-6(5)11-7(13)12-10/h1-3H,10H2,(H2,11,12,13). The largest absolute Gasteiger partial charge is 0.333 e. The summed E-state index contributed by atoms with van der Waals surface area (Å²) in [6, 6.07) is 5.13. The van der Waals surface area contributed by atoms with Gasteiger partial charge in [0.05, 0.1) is 5.69 Å². The van der Waals surface area contributed by atoms with E-state index in [-0.39, 0.29) is 0 Å². The van der Waals surface area contributed by atoms with E-state index in [1.807, 2.05) is 17.6 Å². The number of hydrazine groups is 1. The molecule has 0 aliphatic rings. The minimum absolute atomic E-state index is 0.443. The number of hydrogen-bond acceptors (Lipinski definition) is 2. The fraction of sp³-hybridized carbons (Fsp3) is 0. The first-order valence-corrected chi connectivity index (χ1v) is 5.23. The molecule has 1 aromatic carbocycles. The monoisotopic (exact) mass is 355 g/mol. The van der Waals surface area contributed by atoms with Gasteiger partial charge in [-0.3, -0.25) is 5.43 Å². The Morgan fingerprint density at radius 2 is 2.23 bits per heavy atom. The van der Waals surface area contributed by atoms with Crippen LogP contribution in [0.2, 0.25) is 0 Å². The van der Waals surface area contributed by atoms with Gasteiger partial charge in [-0.15, -0.1) is 0 Å². The zero-order chi connectivity index (χ0) is 9.84. The Kier molecular flexibility index (Phi) is 3.94. The summed E-state index contributed by atoms with van der Waals surface area (Å²) in [5.74, 6) is 4.92. The number of rotatable bonds is 1. The fourth-order valence-corrected chi connectivity index (χ4v) is 2.15. The zero-order valence-electron chi connectivity index (χ0n) is 6.47. The molecular weight excluding hydrogens is 349 g/mol. The number of nitrogens with two attached hydrogens (primary N) is 1. The summed E-state index contributed by atoms with van der Waals surface area (Å²) in [7, 11) is 0. The highest BCUT2D eigenvalue weighted by Crippen LogP contribution is 2.24. The highest BCUT2D eigenvalue weighted by Gasteiger charge is 2.03. The molecule has 0 aromatic heterocycles. The Morgan fingerprint density at radius 1 is 1.54 bits per heavy atom. The highest BCUT2D eigenvalue weighted by molar-refractivity contribution is 14.1. The summed E-state index contributed by atoms with van der Waals surface area (Å²) in [6.07, 6.45) is 0. The first kappa shape index (κ1) is 10.7. The first-order chi connectivity index (χ1) is 6.13. The lowest BCUT2D eigenvalue weighted by Gasteiger charge is -2.06. The van der Waals surface area contributed by atoms with E-state index in [0.717, 1.165) is 8.04 Å². The molecule has 0 spiro atoms. The van der Waals surface area contributed by atoms with Crippen LogP contribution in [0.1, 0.15) is 0 Å². The topological polar surface area (TPSA) is 67.1 Å². The van der Waals surface area contributed by atoms with E-state index in [9.17, 15) is 4.79 Å². The smallest absolute Gasteiger partial charge is 0.306 e. The van der Waals surface area contributed by atoms with Crippen molar-refractivity contribution in [2.24, 2.45) is 5.84 Å². The molecular formula is C7H7BrIN3O. The lowest BCUT2D eigenvalue weighted by molar-refractivity contribution is 0.252. The van der Waals surface area contributed by atoms with Crippen LogP contribution in [-0.2, 0) is 0 Å². The Hall–Kier alpha value is -0.340. The van der Waals surface area contributed by atoms with Crippen LogP contribution in [0.3, 0.4) is 0 Å². The molecule has 0 fully saturated rings. The van der Waals surface area contributed by atoms with E-state index in [2.05, 4.69) is 43.8 Å². The van der Waals surface area contributed by atoms with Gasteiger partial charge in [0.2, 0.25) is 0 Å². The molecule has 0 atom stereocenters. The summed E-state index contributed by atoms with van der Waals surface area (Å²) in [5.41, 5.74) is 2.67. The van der Waals surface area contributed by atoms with Crippen molar-refractivity contribution in [2.45, 2.75) is 0 Å². The molecule has 0 aliphatic heterocycles. The summed E-state index contributed by atoms with van der Waals surface area (Å²) >= 11 is 5.50. The molecule has 70 valence electrons. The first-order valence-electron chi connectivity index (χ1n) is 3.36. The average molecular weight is 356 g/mol. The number of hydrogen-bond donors (Lipinski definition) is 3. The third kappa shape index (κ3) is 3.12. The van der Waals surface area contributed by atoms with E-state index in [1.54, 1.807) is 6.07 Å². The third-order valence-electron chi connectivity index (χ3n) is 1.31. The molecule has 0 aliphatic carbocycles. The molecule has 2 amide bonds. The molecule has 0 bridgehead atoms. The van der Waals surface area contributed by atoms with E-state index >= 15 is 0 Å². The van der Waals surface area contributed by atoms with Crippen molar-refractivity contribution in [3.05, 3.63) is 26.2 Å². The van der Waals surface area contributed by atoms with Gasteiger partial charge in [0.1, 0.15) is 0 Å². The van der Waals surface area contributed by atoms with Crippen molar-refractivity contribution in [1.82, 2.24) is 5.43 Å². The van der Waals surface area contributed by atoms with Gasteiger partial charge in [-0.2, -0.15) is 0 Å². The molecule has 13 heavy (non-hydrogen) atoms. The molecule has 0 saturated carbocycles. The summed E-state index contributed by atoms with van der Waals surface area (Å²) in [4.78, 5) is 10.8. The zero-order valence-corrected chi connectivity index (χ0v) is 10.2. The lowest BCUT2D eigenvalue weighted by Crippen LogP contribution is -2.34. The quantitative estimate of drug-likeness (QED) is 0.312. The number of anilines is 1. The van der Waals surface area contributed by atoms with Gasteiger partial charge in [-0.05, 0) is 56.7 Å². The van der Waals surface area contributed by atoms with Crippen molar-refractivity contribution in [3.63, 3.8) is 0 Å². The van der Waals surface area contributed by atoms with E-state index in [4.69, 9.17) is 5.84 Å². The Morgan fingerprint density at radius 3 is 2.77 bits per heavy atom. The molecule has 4 nitrogen and oxygen atoms in total. The molecule has 0 saturated heterocycles. The predicted molar refractivity (Wildman–Crippen MR) is 63.2 cm³/mol. The molecule has 0 heterocycles. The molecule has 0 unspecified atom stereocenters. The second-order valence-electron chi connectivity index (χ2n) is 2.22. The SMILES string of the molecule is NNC(=O)Nc1ccc(I)cc1Br. The maximum atomic E-state index is 10.8. The van der Waals surface area contributed by atoms with Crippen LogP contribution in [0, 0.1) is 3.57 Å². The number of benzene rings is 1. The van der Waals surface area contributed by atoms with Gasteiger partial charge in [0.25, 0.3) is 0 Å². The van der Waals surface area contributed by atoms with Gasteiger partial charge in [-0.25, -0.2) is 10.6 Å². The number of urea groups is 1. The van der Waals surface area contributed by atoms with Crippen LogP contribution in [0.25, 0.3) is 0 Å². The summed E-state index contributed by atoms with van der Waals surface area (Å²) < 4.78 is 1.91. The van der Waals surface area contributed by atoms with Crippen molar-refractivity contribution in [3.8, 4) is 0 Å². The van der Waals surface area contributed by atoms with Crippen molar-refractivity contribution in [2.75, 3.05) is 5.32 Å². The Bertz CT molecular complexity index is 332. The molecule has 6 heteroatoms. The minimum Gasteiger partial charge on any atom is -0.306 e. The molecule has 1 rings (SSSR count). The van der Waals surface area contributed by atoms with Crippen molar-refractivity contribution < 1.29 is 4.79 Å². The van der Waals surface area contributed by atoms with Crippen LogP contribution in [0.15, 0.2) is 22.7 Å². The Labute approximate surface area is 97.5 Å². The molecule has 1 aromatic rings. The van der Waals surface area contributed by atoms with Gasteiger partial charge < -0.3 is 5.32 Å². The van der Waals surface area contributed by atoms with Crippen LogP contribution in [0.5, 0.6) is 0 Å². The van der Waals surface area contributed by atoms with E-state index < -0.39 is 6.03 Å². The normalized spacial score (nSPS) is 9.46. The Balaban J connectivity index is 2.83. The highest BCUT2D eigenvalue weighted by atomic mass is 127. The lowest BCUT2D eigenvalue weighted by atomic mass is 10.3. The molecule has 0 radical (unpaired) electrons. The number of carbonyl (C=O) groups excluding carboxylic acids is 1. The third-order valence-corrected chi connectivity index (χ3v) is 2.64. The second kappa shape index (κ2) is 4.77. The van der Waals surface area contributed by atoms with Crippen LogP contribution in [-0.4, -0.2) is 6.03 Å². The number of nitrogens with one attached hydrogen (secondary N) is 2. The maximum absolute atomic E-state index is 10.8. The van der Waals surface area contributed by atoms with Gasteiger partial charge in [0, 0.05) is 8.04 Å². The number of carbonyl (C=O) groups is 1. The number of halogens is 2. The predicted octanol–water partition coefficient (Wildman–Crippen LogP) is 2.05. The van der Waals surface area contributed by atoms with Gasteiger partial charge in [0.15, 0.2) is 0 Å².